The fourth-order valence-corrected chi connectivity index (χ4v) is 1.64. The van der Waals surface area contributed by atoms with Gasteiger partial charge >= 0.3 is 0 Å². The van der Waals surface area contributed by atoms with Crippen LogP contribution in [0, 0.1) is 11.6 Å². The molecule has 18 heavy (non-hydrogen) atoms. The summed E-state index contributed by atoms with van der Waals surface area (Å²) in [6.07, 6.45) is 0. The zero-order valence-corrected chi connectivity index (χ0v) is 9.84. The standard InChI is InChI=1S/C13H8ClF2NO/c14-10-7-8(15)5-6-12(10)17-13(18)9-3-1-2-4-11(9)16/h1-7H,(H,17,18). The number of carbonyl (C=O) groups is 1. The zero-order valence-electron chi connectivity index (χ0n) is 9.08. The molecule has 0 saturated carbocycles. The van der Waals surface area contributed by atoms with Crippen molar-refractivity contribution in [2.75, 3.05) is 5.32 Å². The predicted molar refractivity (Wildman–Crippen MR) is 65.8 cm³/mol. The van der Waals surface area contributed by atoms with E-state index in [1.807, 2.05) is 0 Å². The van der Waals surface area contributed by atoms with Crippen molar-refractivity contribution in [1.82, 2.24) is 0 Å². The highest BCUT2D eigenvalue weighted by Gasteiger charge is 2.12. The number of nitrogens with one attached hydrogen (secondary N) is 1. The maximum absolute atomic E-state index is 13.4. The number of carbonyl (C=O) groups excluding carboxylic acids is 1. The van der Waals surface area contributed by atoms with Gasteiger partial charge in [-0.1, -0.05) is 23.7 Å². The summed E-state index contributed by atoms with van der Waals surface area (Å²) in [6.45, 7) is 0. The van der Waals surface area contributed by atoms with Crippen LogP contribution in [-0.2, 0) is 0 Å². The van der Waals surface area contributed by atoms with Crippen LogP contribution in [0.5, 0.6) is 0 Å². The Morgan fingerprint density at radius 1 is 1.11 bits per heavy atom. The maximum Gasteiger partial charge on any atom is 0.258 e. The van der Waals surface area contributed by atoms with Gasteiger partial charge in [0.1, 0.15) is 11.6 Å². The minimum Gasteiger partial charge on any atom is -0.321 e. The highest BCUT2D eigenvalue weighted by Crippen LogP contribution is 2.23. The third-order valence-corrected chi connectivity index (χ3v) is 2.61. The first kappa shape index (κ1) is 12.5. The number of benzene rings is 2. The van der Waals surface area contributed by atoms with Crippen molar-refractivity contribution < 1.29 is 13.6 Å². The molecule has 0 atom stereocenters. The summed E-state index contributed by atoms with van der Waals surface area (Å²) in [5.74, 6) is -1.78. The molecule has 0 aliphatic carbocycles. The summed E-state index contributed by atoms with van der Waals surface area (Å²) < 4.78 is 26.2. The lowest BCUT2D eigenvalue weighted by atomic mass is 10.2. The highest BCUT2D eigenvalue weighted by atomic mass is 35.5. The normalized spacial score (nSPS) is 10.2. The first-order chi connectivity index (χ1) is 8.58. The molecule has 0 unspecified atom stereocenters. The van der Waals surface area contributed by atoms with Gasteiger partial charge in [0.2, 0.25) is 0 Å². The molecule has 0 aliphatic rings. The third-order valence-electron chi connectivity index (χ3n) is 2.30. The Labute approximate surface area is 107 Å². The van der Waals surface area contributed by atoms with Gasteiger partial charge in [-0.15, -0.1) is 0 Å². The summed E-state index contributed by atoms with van der Waals surface area (Å²) in [5.41, 5.74) is 0.129. The molecule has 1 amide bonds. The van der Waals surface area contributed by atoms with Gasteiger partial charge in [0.05, 0.1) is 16.3 Å². The first-order valence-corrected chi connectivity index (χ1v) is 5.46. The minimum atomic E-state index is -0.637. The van der Waals surface area contributed by atoms with E-state index in [2.05, 4.69) is 5.32 Å². The van der Waals surface area contributed by atoms with E-state index >= 15 is 0 Å². The lowest BCUT2D eigenvalue weighted by molar-refractivity contribution is 0.102. The molecule has 0 aliphatic heterocycles. The molecule has 5 heteroatoms. The molecule has 0 spiro atoms. The minimum absolute atomic E-state index is 0.0553. The monoisotopic (exact) mass is 267 g/mol. The van der Waals surface area contributed by atoms with Gasteiger partial charge in [-0.25, -0.2) is 8.78 Å². The van der Waals surface area contributed by atoms with Crippen molar-refractivity contribution in [3.05, 3.63) is 64.7 Å². The van der Waals surface area contributed by atoms with E-state index in [1.165, 1.54) is 24.3 Å². The molecule has 2 nitrogen and oxygen atoms in total. The van der Waals surface area contributed by atoms with Crippen LogP contribution in [0.2, 0.25) is 5.02 Å². The number of hydrogen-bond donors (Lipinski definition) is 1. The fourth-order valence-electron chi connectivity index (χ4n) is 1.43. The van der Waals surface area contributed by atoms with E-state index < -0.39 is 17.5 Å². The Bertz CT molecular complexity index is 601. The molecule has 0 fully saturated rings. The van der Waals surface area contributed by atoms with Gasteiger partial charge in [0, 0.05) is 0 Å². The molecule has 2 rings (SSSR count). The second kappa shape index (κ2) is 5.14. The van der Waals surface area contributed by atoms with Crippen LogP contribution in [0.3, 0.4) is 0 Å². The highest BCUT2D eigenvalue weighted by molar-refractivity contribution is 6.33. The number of amides is 1. The quantitative estimate of drug-likeness (QED) is 0.879. The van der Waals surface area contributed by atoms with Crippen LogP contribution < -0.4 is 5.32 Å². The average molecular weight is 268 g/mol. The van der Waals surface area contributed by atoms with Gasteiger partial charge in [-0.05, 0) is 30.3 Å². The molecule has 0 radical (unpaired) electrons. The van der Waals surface area contributed by atoms with Gasteiger partial charge in [0.15, 0.2) is 0 Å². The van der Waals surface area contributed by atoms with Crippen molar-refractivity contribution >= 4 is 23.2 Å². The van der Waals surface area contributed by atoms with E-state index in [0.29, 0.717) is 0 Å². The van der Waals surface area contributed by atoms with Crippen molar-refractivity contribution in [1.29, 1.82) is 0 Å². The van der Waals surface area contributed by atoms with Crippen molar-refractivity contribution in [3.8, 4) is 0 Å². The first-order valence-electron chi connectivity index (χ1n) is 5.09. The molecular weight excluding hydrogens is 260 g/mol. The summed E-state index contributed by atoms with van der Waals surface area (Å²) in [4.78, 5) is 11.8. The zero-order chi connectivity index (χ0) is 13.1. The Kier molecular flexibility index (Phi) is 3.58. The Morgan fingerprint density at radius 2 is 1.83 bits per heavy atom. The molecule has 92 valence electrons. The van der Waals surface area contributed by atoms with E-state index in [-0.39, 0.29) is 16.3 Å². The molecule has 0 heterocycles. The largest absolute Gasteiger partial charge is 0.321 e. The topological polar surface area (TPSA) is 29.1 Å². The van der Waals surface area contributed by atoms with Crippen molar-refractivity contribution in [3.63, 3.8) is 0 Å². The summed E-state index contributed by atoms with van der Waals surface area (Å²) >= 11 is 5.75. The summed E-state index contributed by atoms with van der Waals surface area (Å²) in [5, 5.41) is 2.47. The fraction of sp³-hybridized carbons (Fsp3) is 0. The van der Waals surface area contributed by atoms with Gasteiger partial charge < -0.3 is 5.32 Å². The van der Waals surface area contributed by atoms with Crippen LogP contribution in [0.4, 0.5) is 14.5 Å². The van der Waals surface area contributed by atoms with Gasteiger partial charge in [0.25, 0.3) is 5.91 Å². The molecule has 2 aromatic rings. The third kappa shape index (κ3) is 2.65. The SMILES string of the molecule is O=C(Nc1ccc(F)cc1Cl)c1ccccc1F. The van der Waals surface area contributed by atoms with E-state index in [1.54, 1.807) is 6.07 Å². The number of hydrogen-bond acceptors (Lipinski definition) is 1. The molecule has 0 aromatic heterocycles. The average Bonchev–Trinajstić information content (AvgIpc) is 2.33. The number of halogens is 3. The predicted octanol–water partition coefficient (Wildman–Crippen LogP) is 3.87. The summed E-state index contributed by atoms with van der Waals surface area (Å²) in [6, 6.07) is 9.10. The van der Waals surface area contributed by atoms with Gasteiger partial charge in [-0.3, -0.25) is 4.79 Å². The van der Waals surface area contributed by atoms with Crippen molar-refractivity contribution in [2.24, 2.45) is 0 Å². The lowest BCUT2D eigenvalue weighted by Gasteiger charge is -2.07. The van der Waals surface area contributed by atoms with E-state index in [9.17, 15) is 13.6 Å². The van der Waals surface area contributed by atoms with Crippen LogP contribution in [0.15, 0.2) is 42.5 Å². The number of rotatable bonds is 2. The summed E-state index contributed by atoms with van der Waals surface area (Å²) in [7, 11) is 0. The Morgan fingerprint density at radius 3 is 2.50 bits per heavy atom. The smallest absolute Gasteiger partial charge is 0.258 e. The van der Waals surface area contributed by atoms with E-state index in [0.717, 1.165) is 12.1 Å². The van der Waals surface area contributed by atoms with Crippen molar-refractivity contribution in [2.45, 2.75) is 0 Å². The molecule has 0 saturated heterocycles. The second-order valence-corrected chi connectivity index (χ2v) is 3.97. The Balaban J connectivity index is 2.24. The second-order valence-electron chi connectivity index (χ2n) is 3.56. The van der Waals surface area contributed by atoms with Crippen LogP contribution in [0.1, 0.15) is 10.4 Å². The molecule has 1 N–H and O–H groups in total. The molecule has 2 aromatic carbocycles. The van der Waals surface area contributed by atoms with E-state index in [4.69, 9.17) is 11.6 Å². The van der Waals surface area contributed by atoms with Crippen LogP contribution in [0.25, 0.3) is 0 Å². The maximum atomic E-state index is 13.4. The molecular formula is C13H8ClF2NO. The number of anilines is 1. The van der Waals surface area contributed by atoms with Gasteiger partial charge in [-0.2, -0.15) is 0 Å². The van der Waals surface area contributed by atoms with Crippen LogP contribution >= 0.6 is 11.6 Å². The Hall–Kier alpha value is -1.94. The lowest BCUT2D eigenvalue weighted by Crippen LogP contribution is -2.13. The molecule has 0 bridgehead atoms. The van der Waals surface area contributed by atoms with Crippen LogP contribution in [-0.4, -0.2) is 5.91 Å².